The van der Waals surface area contributed by atoms with Gasteiger partial charge in [0.1, 0.15) is 6.61 Å². The fourth-order valence-corrected chi connectivity index (χ4v) is 5.15. The van der Waals surface area contributed by atoms with Gasteiger partial charge in [-0.3, -0.25) is 4.79 Å². The zero-order chi connectivity index (χ0) is 24.9. The Labute approximate surface area is 205 Å². The molecule has 0 radical (unpaired) electrons. The minimum absolute atomic E-state index is 0.0487. The number of carbonyl (C=O) groups excluding carboxylic acids is 2. The van der Waals surface area contributed by atoms with Gasteiger partial charge in [-0.15, -0.1) is 0 Å². The molecule has 1 heterocycles. The number of rotatable bonds is 8. The number of nitrogens with zero attached hydrogens (tertiary/aromatic N) is 1. The first kappa shape index (κ1) is 24.7. The standard InChI is InChI=1S/C27H32N2O6/c1-3-8-18(25(30)29-13-14-34-17(2)24(29)26(31)32)15-28-27(33)35-16-23-21-11-6-4-9-19(21)20-10-5-7-12-22(20)23/h4-7,9-12,17-18,23-24H,3,8,13-16H2,1-2H3,(H,28,33)(H,31,32). The van der Waals surface area contributed by atoms with Gasteiger partial charge in [0.15, 0.2) is 6.04 Å². The van der Waals surface area contributed by atoms with E-state index in [0.717, 1.165) is 28.7 Å². The van der Waals surface area contributed by atoms with E-state index in [9.17, 15) is 19.5 Å². The molecule has 0 aromatic heterocycles. The quantitative estimate of drug-likeness (QED) is 0.598. The summed E-state index contributed by atoms with van der Waals surface area (Å²) in [6.07, 6.45) is 0.0644. The second kappa shape index (κ2) is 10.9. The van der Waals surface area contributed by atoms with Crippen molar-refractivity contribution in [3.63, 3.8) is 0 Å². The van der Waals surface area contributed by atoms with E-state index in [0.29, 0.717) is 6.42 Å². The SMILES string of the molecule is CCCC(CNC(=O)OCC1c2ccccc2-c2ccccc21)C(=O)N1CCOC(C)C1C(=O)O. The first-order valence-corrected chi connectivity index (χ1v) is 12.2. The number of amides is 2. The number of fused-ring (bicyclic) bond motifs is 3. The lowest BCUT2D eigenvalue weighted by molar-refractivity contribution is -0.166. The first-order valence-electron chi connectivity index (χ1n) is 12.2. The van der Waals surface area contributed by atoms with Crippen LogP contribution < -0.4 is 5.32 Å². The Morgan fingerprint density at radius 1 is 1.11 bits per heavy atom. The van der Waals surface area contributed by atoms with Crippen LogP contribution in [0.1, 0.15) is 43.7 Å². The predicted molar refractivity (Wildman–Crippen MR) is 130 cm³/mol. The third-order valence-corrected chi connectivity index (χ3v) is 6.85. The van der Waals surface area contributed by atoms with Gasteiger partial charge in [0.25, 0.3) is 0 Å². The van der Waals surface area contributed by atoms with Crippen molar-refractivity contribution in [2.24, 2.45) is 5.92 Å². The molecule has 3 atom stereocenters. The van der Waals surface area contributed by atoms with Crippen molar-refractivity contribution in [1.82, 2.24) is 10.2 Å². The lowest BCUT2D eigenvalue weighted by atomic mass is 9.98. The largest absolute Gasteiger partial charge is 0.480 e. The highest BCUT2D eigenvalue weighted by atomic mass is 16.5. The van der Waals surface area contributed by atoms with Gasteiger partial charge in [-0.05, 0) is 35.6 Å². The van der Waals surface area contributed by atoms with Gasteiger partial charge in [-0.1, -0.05) is 61.9 Å². The van der Waals surface area contributed by atoms with Crippen LogP contribution in [0.3, 0.4) is 0 Å². The number of ether oxygens (including phenoxy) is 2. The van der Waals surface area contributed by atoms with Crippen LogP contribution in [0.15, 0.2) is 48.5 Å². The number of hydrogen-bond acceptors (Lipinski definition) is 5. The second-order valence-corrected chi connectivity index (χ2v) is 9.08. The molecule has 4 rings (SSSR count). The lowest BCUT2D eigenvalue weighted by Crippen LogP contribution is -2.58. The maximum Gasteiger partial charge on any atom is 0.407 e. The van der Waals surface area contributed by atoms with Crippen LogP contribution in [-0.4, -0.2) is 66.4 Å². The average Bonchev–Trinajstić information content (AvgIpc) is 3.18. The molecule has 0 saturated carbocycles. The molecular weight excluding hydrogens is 448 g/mol. The number of carbonyl (C=O) groups is 3. The minimum atomic E-state index is -1.09. The molecule has 8 heteroatoms. The highest BCUT2D eigenvalue weighted by Crippen LogP contribution is 2.44. The second-order valence-electron chi connectivity index (χ2n) is 9.08. The summed E-state index contributed by atoms with van der Waals surface area (Å²) in [6.45, 7) is 4.38. The van der Waals surface area contributed by atoms with Crippen LogP contribution >= 0.6 is 0 Å². The first-order chi connectivity index (χ1) is 16.9. The number of aliphatic carboxylic acids is 1. The third-order valence-electron chi connectivity index (χ3n) is 6.85. The molecule has 3 unspecified atom stereocenters. The Hall–Kier alpha value is -3.39. The van der Waals surface area contributed by atoms with Crippen LogP contribution in [0.2, 0.25) is 0 Å². The van der Waals surface area contributed by atoms with Gasteiger partial charge in [-0.25, -0.2) is 9.59 Å². The van der Waals surface area contributed by atoms with Crippen molar-refractivity contribution in [2.75, 3.05) is 26.3 Å². The maximum atomic E-state index is 13.2. The molecule has 1 aliphatic heterocycles. The molecule has 2 aliphatic rings. The number of hydrogen-bond donors (Lipinski definition) is 2. The fourth-order valence-electron chi connectivity index (χ4n) is 5.15. The smallest absolute Gasteiger partial charge is 0.407 e. The van der Waals surface area contributed by atoms with Crippen molar-refractivity contribution >= 4 is 18.0 Å². The summed E-state index contributed by atoms with van der Waals surface area (Å²) >= 11 is 0. The lowest BCUT2D eigenvalue weighted by Gasteiger charge is -2.39. The molecule has 1 fully saturated rings. The fraction of sp³-hybridized carbons (Fsp3) is 0.444. The van der Waals surface area contributed by atoms with E-state index in [1.807, 2.05) is 31.2 Å². The Morgan fingerprint density at radius 3 is 2.34 bits per heavy atom. The van der Waals surface area contributed by atoms with Crippen LogP contribution in [-0.2, 0) is 19.1 Å². The minimum Gasteiger partial charge on any atom is -0.480 e. The van der Waals surface area contributed by atoms with E-state index in [1.165, 1.54) is 4.90 Å². The zero-order valence-electron chi connectivity index (χ0n) is 20.1. The van der Waals surface area contributed by atoms with Gasteiger partial charge in [-0.2, -0.15) is 0 Å². The van der Waals surface area contributed by atoms with Crippen LogP contribution in [0, 0.1) is 5.92 Å². The van der Waals surface area contributed by atoms with Crippen molar-refractivity contribution < 1.29 is 29.0 Å². The summed E-state index contributed by atoms with van der Waals surface area (Å²) in [6, 6.07) is 15.2. The summed E-state index contributed by atoms with van der Waals surface area (Å²) in [5, 5.41) is 12.3. The molecule has 1 aliphatic carbocycles. The Morgan fingerprint density at radius 2 is 1.74 bits per heavy atom. The number of carboxylic acid groups (broad SMARTS) is 1. The van der Waals surface area contributed by atoms with E-state index >= 15 is 0 Å². The Kier molecular flexibility index (Phi) is 7.70. The molecule has 1 saturated heterocycles. The molecule has 186 valence electrons. The van der Waals surface area contributed by atoms with Gasteiger partial charge >= 0.3 is 12.1 Å². The van der Waals surface area contributed by atoms with Gasteiger partial charge in [0, 0.05) is 19.0 Å². The molecule has 2 aromatic rings. The molecular formula is C27H32N2O6. The van der Waals surface area contributed by atoms with Gasteiger partial charge < -0.3 is 24.8 Å². The highest BCUT2D eigenvalue weighted by Gasteiger charge is 2.40. The molecule has 8 nitrogen and oxygen atoms in total. The van der Waals surface area contributed by atoms with E-state index in [2.05, 4.69) is 29.6 Å². The topological polar surface area (TPSA) is 105 Å². The van der Waals surface area contributed by atoms with Gasteiger partial charge in [0.05, 0.1) is 18.6 Å². The zero-order valence-corrected chi connectivity index (χ0v) is 20.1. The van der Waals surface area contributed by atoms with Crippen LogP contribution in [0.4, 0.5) is 4.79 Å². The highest BCUT2D eigenvalue weighted by molar-refractivity contribution is 5.86. The third kappa shape index (κ3) is 5.17. The number of nitrogens with one attached hydrogen (secondary N) is 1. The summed E-state index contributed by atoms with van der Waals surface area (Å²) in [5.74, 6) is -1.96. The van der Waals surface area contributed by atoms with Crippen molar-refractivity contribution in [2.45, 2.75) is 44.8 Å². The van der Waals surface area contributed by atoms with Crippen LogP contribution in [0.25, 0.3) is 11.1 Å². The van der Waals surface area contributed by atoms with Crippen molar-refractivity contribution in [3.05, 3.63) is 59.7 Å². The summed E-state index contributed by atoms with van der Waals surface area (Å²) < 4.78 is 11.0. The van der Waals surface area contributed by atoms with Crippen molar-refractivity contribution in [3.8, 4) is 11.1 Å². The van der Waals surface area contributed by atoms with E-state index in [-0.39, 0.29) is 38.1 Å². The monoisotopic (exact) mass is 480 g/mol. The predicted octanol–water partition coefficient (Wildman–Crippen LogP) is 3.64. The maximum absolute atomic E-state index is 13.2. The Balaban J connectivity index is 1.37. The number of morpholine rings is 1. The molecule has 2 aromatic carbocycles. The molecule has 35 heavy (non-hydrogen) atoms. The number of alkyl carbamates (subject to hydrolysis) is 1. The average molecular weight is 481 g/mol. The molecule has 2 N–H and O–H groups in total. The summed E-state index contributed by atoms with van der Waals surface area (Å²) in [7, 11) is 0. The summed E-state index contributed by atoms with van der Waals surface area (Å²) in [4.78, 5) is 38.9. The van der Waals surface area contributed by atoms with Gasteiger partial charge in [0.2, 0.25) is 5.91 Å². The number of carboxylic acids is 1. The van der Waals surface area contributed by atoms with Crippen molar-refractivity contribution in [1.29, 1.82) is 0 Å². The Bertz CT molecular complexity index is 1040. The van der Waals surface area contributed by atoms with E-state index in [1.54, 1.807) is 6.92 Å². The van der Waals surface area contributed by atoms with Crippen LogP contribution in [0.5, 0.6) is 0 Å². The van der Waals surface area contributed by atoms with E-state index < -0.39 is 30.1 Å². The summed E-state index contributed by atoms with van der Waals surface area (Å²) in [5.41, 5.74) is 4.56. The molecule has 0 spiro atoms. The number of benzene rings is 2. The molecule has 2 amide bonds. The van der Waals surface area contributed by atoms with E-state index in [4.69, 9.17) is 9.47 Å². The normalized spacial score (nSPS) is 20.0. The molecule has 0 bridgehead atoms.